The number of ether oxygens (including phenoxy) is 1. The Morgan fingerprint density at radius 3 is 2.67 bits per heavy atom. The molecule has 21 heavy (non-hydrogen) atoms. The molecule has 2 rings (SSSR count). The number of aromatic nitrogens is 1. The molecule has 110 valence electrons. The lowest BCUT2D eigenvalue weighted by molar-refractivity contribution is -0.114. The summed E-state index contributed by atoms with van der Waals surface area (Å²) in [5, 5.41) is 0.516. The minimum absolute atomic E-state index is 0.125. The fraction of sp³-hybridized carbons (Fsp3) is 0.267. The molecule has 1 aromatic heterocycles. The Balaban J connectivity index is 2.81. The topological polar surface area (TPSA) is 91.4 Å². The number of aryl methyl sites for hydroxylation is 1. The highest BCUT2D eigenvalue weighted by atomic mass is 16.5. The molecule has 1 heterocycles. The molecule has 0 aliphatic carbocycles. The van der Waals surface area contributed by atoms with E-state index >= 15 is 0 Å². The number of rotatable bonds is 6. The van der Waals surface area contributed by atoms with Gasteiger partial charge >= 0.3 is 0 Å². The first-order valence-corrected chi connectivity index (χ1v) is 6.53. The first kappa shape index (κ1) is 14.8. The molecule has 6 nitrogen and oxygen atoms in total. The molecule has 2 N–H and O–H groups in total. The number of fused-ring (bicyclic) bond motifs is 1. The van der Waals surface area contributed by atoms with Crippen LogP contribution in [0.2, 0.25) is 0 Å². The maximum atomic E-state index is 12.2. The van der Waals surface area contributed by atoms with Crippen LogP contribution in [0.4, 0.5) is 0 Å². The summed E-state index contributed by atoms with van der Waals surface area (Å²) < 4.78 is 7.20. The van der Waals surface area contributed by atoms with Crippen molar-refractivity contribution < 1.29 is 19.1 Å². The minimum atomic E-state index is -1.01. The van der Waals surface area contributed by atoms with Crippen molar-refractivity contribution in [1.29, 1.82) is 0 Å². The van der Waals surface area contributed by atoms with Crippen LogP contribution >= 0.6 is 0 Å². The van der Waals surface area contributed by atoms with E-state index in [2.05, 4.69) is 0 Å². The SMILES string of the molecule is CCc1c(C(=O)C(N)=O)c2c(OCC=O)cccc2n1C. The highest BCUT2D eigenvalue weighted by Crippen LogP contribution is 2.33. The third kappa shape index (κ3) is 2.40. The predicted octanol–water partition coefficient (Wildman–Crippen LogP) is 0.986. The van der Waals surface area contributed by atoms with Crippen molar-refractivity contribution in [1.82, 2.24) is 4.57 Å². The van der Waals surface area contributed by atoms with Gasteiger partial charge in [-0.15, -0.1) is 0 Å². The largest absolute Gasteiger partial charge is 0.485 e. The van der Waals surface area contributed by atoms with Crippen LogP contribution in [0, 0.1) is 0 Å². The number of aldehydes is 1. The average Bonchev–Trinajstić information content (AvgIpc) is 2.77. The Kier molecular flexibility index (Phi) is 4.07. The minimum Gasteiger partial charge on any atom is -0.485 e. The molecule has 0 unspecified atom stereocenters. The van der Waals surface area contributed by atoms with E-state index in [1.54, 1.807) is 12.1 Å². The molecule has 0 radical (unpaired) electrons. The van der Waals surface area contributed by atoms with E-state index in [0.29, 0.717) is 29.5 Å². The van der Waals surface area contributed by atoms with Crippen molar-refractivity contribution in [2.45, 2.75) is 13.3 Å². The van der Waals surface area contributed by atoms with Crippen molar-refractivity contribution in [2.75, 3.05) is 6.61 Å². The van der Waals surface area contributed by atoms with Crippen LogP contribution in [0.1, 0.15) is 23.0 Å². The Morgan fingerprint density at radius 1 is 1.38 bits per heavy atom. The second kappa shape index (κ2) is 5.78. The van der Waals surface area contributed by atoms with Crippen LogP contribution in [0.5, 0.6) is 5.75 Å². The summed E-state index contributed by atoms with van der Waals surface area (Å²) in [6.07, 6.45) is 1.19. The van der Waals surface area contributed by atoms with Gasteiger partial charge in [0, 0.05) is 12.7 Å². The molecule has 1 aromatic carbocycles. The van der Waals surface area contributed by atoms with Crippen LogP contribution in [-0.2, 0) is 23.1 Å². The summed E-state index contributed by atoms with van der Waals surface area (Å²) in [7, 11) is 1.81. The van der Waals surface area contributed by atoms with Gasteiger partial charge < -0.3 is 15.0 Å². The van der Waals surface area contributed by atoms with Crippen molar-refractivity contribution in [2.24, 2.45) is 12.8 Å². The molecule has 0 aliphatic heterocycles. The molecule has 1 amide bonds. The Morgan fingerprint density at radius 2 is 2.10 bits per heavy atom. The van der Waals surface area contributed by atoms with E-state index in [0.717, 1.165) is 5.52 Å². The van der Waals surface area contributed by atoms with Gasteiger partial charge in [-0.25, -0.2) is 0 Å². The van der Waals surface area contributed by atoms with Crippen LogP contribution in [-0.4, -0.2) is 29.2 Å². The van der Waals surface area contributed by atoms with Gasteiger partial charge in [-0.05, 0) is 18.6 Å². The number of amides is 1. The van der Waals surface area contributed by atoms with Crippen LogP contribution in [0.15, 0.2) is 18.2 Å². The lowest BCUT2D eigenvalue weighted by Gasteiger charge is -2.05. The number of nitrogens with zero attached hydrogens (tertiary/aromatic N) is 1. The molecular formula is C15H16N2O4. The highest BCUT2D eigenvalue weighted by Gasteiger charge is 2.25. The Hall–Kier alpha value is -2.63. The first-order valence-electron chi connectivity index (χ1n) is 6.53. The quantitative estimate of drug-likeness (QED) is 0.487. The van der Waals surface area contributed by atoms with Crippen molar-refractivity contribution >= 4 is 28.9 Å². The molecule has 6 heteroatoms. The summed E-state index contributed by atoms with van der Waals surface area (Å²) in [4.78, 5) is 34.0. The van der Waals surface area contributed by atoms with Gasteiger partial charge in [0.2, 0.25) is 0 Å². The van der Waals surface area contributed by atoms with E-state index < -0.39 is 11.7 Å². The number of nitrogens with two attached hydrogens (primary N) is 1. The van der Waals surface area contributed by atoms with E-state index in [1.807, 2.05) is 24.6 Å². The molecule has 0 bridgehead atoms. The van der Waals surface area contributed by atoms with Gasteiger partial charge in [0.05, 0.1) is 16.5 Å². The zero-order valence-electron chi connectivity index (χ0n) is 11.9. The average molecular weight is 288 g/mol. The summed E-state index contributed by atoms with van der Waals surface area (Å²) in [5.41, 5.74) is 6.86. The third-order valence-electron chi connectivity index (χ3n) is 3.40. The van der Waals surface area contributed by atoms with E-state index in [1.165, 1.54) is 0 Å². The summed E-state index contributed by atoms with van der Waals surface area (Å²) in [6, 6.07) is 5.24. The molecular weight excluding hydrogens is 272 g/mol. The second-order valence-corrected chi connectivity index (χ2v) is 4.56. The van der Waals surface area contributed by atoms with Crippen LogP contribution in [0.25, 0.3) is 10.9 Å². The normalized spacial score (nSPS) is 10.6. The van der Waals surface area contributed by atoms with Gasteiger partial charge in [-0.3, -0.25) is 14.4 Å². The Bertz CT molecular complexity index is 731. The Labute approximate surface area is 121 Å². The van der Waals surface area contributed by atoms with E-state index in [9.17, 15) is 14.4 Å². The summed E-state index contributed by atoms with van der Waals surface area (Å²) in [5.74, 6) is -1.37. The number of carbonyl (C=O) groups excluding carboxylic acids is 3. The second-order valence-electron chi connectivity index (χ2n) is 4.56. The highest BCUT2D eigenvalue weighted by molar-refractivity contribution is 6.45. The fourth-order valence-corrected chi connectivity index (χ4v) is 2.53. The van der Waals surface area contributed by atoms with Crippen molar-refractivity contribution in [3.05, 3.63) is 29.5 Å². The fourth-order valence-electron chi connectivity index (χ4n) is 2.53. The van der Waals surface area contributed by atoms with E-state index in [4.69, 9.17) is 10.5 Å². The van der Waals surface area contributed by atoms with Gasteiger partial charge in [0.1, 0.15) is 12.4 Å². The van der Waals surface area contributed by atoms with E-state index in [-0.39, 0.29) is 12.2 Å². The zero-order valence-corrected chi connectivity index (χ0v) is 11.9. The number of primary amides is 1. The number of Topliss-reactive ketones (excluding diaryl/α,β-unsaturated/α-hetero) is 1. The monoisotopic (exact) mass is 288 g/mol. The number of hydrogen-bond acceptors (Lipinski definition) is 4. The smallest absolute Gasteiger partial charge is 0.289 e. The third-order valence-corrected chi connectivity index (χ3v) is 3.40. The molecule has 0 spiro atoms. The van der Waals surface area contributed by atoms with Gasteiger partial charge in [-0.2, -0.15) is 0 Å². The first-order chi connectivity index (χ1) is 10.0. The number of ketones is 1. The molecule has 2 aromatic rings. The van der Waals surface area contributed by atoms with Gasteiger partial charge in [0.25, 0.3) is 11.7 Å². The zero-order chi connectivity index (χ0) is 15.6. The van der Waals surface area contributed by atoms with Crippen LogP contribution < -0.4 is 10.5 Å². The van der Waals surface area contributed by atoms with Crippen molar-refractivity contribution in [3.63, 3.8) is 0 Å². The standard InChI is InChI=1S/C15H16N2O4/c1-3-9-13(14(19)15(16)20)12-10(17(9)2)5-4-6-11(12)21-8-7-18/h4-7H,3,8H2,1-2H3,(H2,16,20). The number of benzene rings is 1. The lowest BCUT2D eigenvalue weighted by Crippen LogP contribution is -2.24. The lowest BCUT2D eigenvalue weighted by atomic mass is 10.0. The molecule has 0 saturated carbocycles. The molecule has 0 saturated heterocycles. The van der Waals surface area contributed by atoms with Crippen molar-refractivity contribution in [3.8, 4) is 5.75 Å². The predicted molar refractivity (Wildman–Crippen MR) is 77.4 cm³/mol. The molecule has 0 aliphatic rings. The van der Waals surface area contributed by atoms with Gasteiger partial charge in [0.15, 0.2) is 6.29 Å². The number of hydrogen-bond donors (Lipinski definition) is 1. The van der Waals surface area contributed by atoms with Crippen LogP contribution in [0.3, 0.4) is 0 Å². The molecule has 0 atom stereocenters. The summed E-state index contributed by atoms with van der Waals surface area (Å²) in [6.45, 7) is 1.76. The van der Waals surface area contributed by atoms with Gasteiger partial charge in [-0.1, -0.05) is 13.0 Å². The molecule has 0 fully saturated rings. The summed E-state index contributed by atoms with van der Waals surface area (Å²) >= 11 is 0. The number of carbonyl (C=O) groups is 3. The maximum Gasteiger partial charge on any atom is 0.289 e. The maximum absolute atomic E-state index is 12.2.